The summed E-state index contributed by atoms with van der Waals surface area (Å²) >= 11 is 0. The van der Waals surface area contributed by atoms with Gasteiger partial charge < -0.3 is 14.8 Å². The van der Waals surface area contributed by atoms with Gasteiger partial charge in [0.15, 0.2) is 0 Å². The van der Waals surface area contributed by atoms with E-state index >= 15 is 0 Å². The molecule has 98 valence electrons. The summed E-state index contributed by atoms with van der Waals surface area (Å²) in [6, 6.07) is 5.88. The van der Waals surface area contributed by atoms with Crippen molar-refractivity contribution in [1.82, 2.24) is 0 Å². The van der Waals surface area contributed by atoms with E-state index in [1.54, 1.807) is 7.11 Å². The van der Waals surface area contributed by atoms with Crippen LogP contribution < -0.4 is 10.1 Å². The molecule has 0 radical (unpaired) electrons. The van der Waals surface area contributed by atoms with Crippen LogP contribution in [0, 0.1) is 0 Å². The van der Waals surface area contributed by atoms with E-state index in [0.29, 0.717) is 13.0 Å². The van der Waals surface area contributed by atoms with Crippen LogP contribution in [0.4, 0.5) is 5.69 Å². The van der Waals surface area contributed by atoms with E-state index in [1.807, 2.05) is 25.1 Å². The molecule has 2 rings (SSSR count). The van der Waals surface area contributed by atoms with Crippen molar-refractivity contribution in [2.45, 2.75) is 32.3 Å². The lowest BCUT2D eigenvalue weighted by Gasteiger charge is -2.19. The molecule has 1 N–H and O–H groups in total. The van der Waals surface area contributed by atoms with Gasteiger partial charge in [0.05, 0.1) is 6.10 Å². The number of carbonyl (C=O) groups excluding carboxylic acids is 1. The minimum atomic E-state index is 0.0760. The molecule has 0 saturated heterocycles. The average molecular weight is 249 g/mol. The molecule has 1 atom stereocenters. The molecule has 1 aromatic rings. The fraction of sp³-hybridized carbons (Fsp3) is 0.500. The first-order chi connectivity index (χ1) is 8.69. The highest BCUT2D eigenvalue weighted by Crippen LogP contribution is 2.27. The number of hydrogen-bond donors (Lipinski definition) is 1. The number of hydrogen-bond acceptors (Lipinski definition) is 3. The molecule has 0 bridgehead atoms. The topological polar surface area (TPSA) is 47.6 Å². The van der Waals surface area contributed by atoms with E-state index in [-0.39, 0.29) is 12.0 Å². The molecule has 1 heterocycles. The average Bonchev–Trinajstić information content (AvgIpc) is 2.36. The van der Waals surface area contributed by atoms with Crippen LogP contribution in [0.15, 0.2) is 18.2 Å². The zero-order chi connectivity index (χ0) is 13.0. The third-order valence-electron chi connectivity index (χ3n) is 3.04. The van der Waals surface area contributed by atoms with Gasteiger partial charge in [-0.05, 0) is 25.0 Å². The second-order valence-corrected chi connectivity index (χ2v) is 4.58. The summed E-state index contributed by atoms with van der Waals surface area (Å²) in [6.07, 6.45) is 2.32. The largest absolute Gasteiger partial charge is 0.491 e. The molecule has 1 aliphatic heterocycles. The first-order valence-electron chi connectivity index (χ1n) is 6.27. The zero-order valence-electron chi connectivity index (χ0n) is 10.9. The molecule has 4 heteroatoms. The molecule has 4 nitrogen and oxygen atoms in total. The summed E-state index contributed by atoms with van der Waals surface area (Å²) in [7, 11) is 1.68. The molecule has 1 aromatic carbocycles. The molecule has 1 unspecified atom stereocenters. The minimum Gasteiger partial charge on any atom is -0.491 e. The smallest absolute Gasteiger partial charge is 0.224 e. The number of benzene rings is 1. The van der Waals surface area contributed by atoms with Crippen LogP contribution in [0.5, 0.6) is 5.75 Å². The lowest BCUT2D eigenvalue weighted by Crippen LogP contribution is -2.19. The second-order valence-electron chi connectivity index (χ2n) is 4.58. The van der Waals surface area contributed by atoms with Gasteiger partial charge in [-0.15, -0.1) is 0 Å². The van der Waals surface area contributed by atoms with Gasteiger partial charge in [-0.1, -0.05) is 6.07 Å². The molecule has 0 aliphatic carbocycles. The number of carbonyl (C=O) groups is 1. The molecule has 1 aliphatic rings. The number of nitrogens with one attached hydrogen (secondary N) is 1. The summed E-state index contributed by atoms with van der Waals surface area (Å²) < 4.78 is 10.8. The SMILES string of the molecule is COCCC(C)Oc1ccc2c(c1)NC(=O)CC2. The van der Waals surface area contributed by atoms with E-state index < -0.39 is 0 Å². The first kappa shape index (κ1) is 12.9. The predicted octanol–water partition coefficient (Wildman–Crippen LogP) is 2.38. The molecular formula is C14H19NO3. The molecule has 1 amide bonds. The van der Waals surface area contributed by atoms with Gasteiger partial charge in [-0.2, -0.15) is 0 Å². The van der Waals surface area contributed by atoms with Crippen molar-refractivity contribution in [2.24, 2.45) is 0 Å². The van der Waals surface area contributed by atoms with Gasteiger partial charge in [0, 0.05) is 38.3 Å². The molecule has 0 saturated carbocycles. The number of amides is 1. The Labute approximate surface area is 107 Å². The van der Waals surface area contributed by atoms with Crippen LogP contribution in [-0.2, 0) is 16.0 Å². The van der Waals surface area contributed by atoms with E-state index in [4.69, 9.17) is 9.47 Å². The Hall–Kier alpha value is -1.55. The van der Waals surface area contributed by atoms with E-state index in [0.717, 1.165) is 24.3 Å². The van der Waals surface area contributed by atoms with Crippen molar-refractivity contribution in [1.29, 1.82) is 0 Å². The maximum absolute atomic E-state index is 11.3. The lowest BCUT2D eigenvalue weighted by molar-refractivity contribution is -0.116. The summed E-state index contributed by atoms with van der Waals surface area (Å²) in [5, 5.41) is 2.87. The Bertz CT molecular complexity index is 431. The summed E-state index contributed by atoms with van der Waals surface area (Å²) in [6.45, 7) is 2.69. The van der Waals surface area contributed by atoms with Gasteiger partial charge >= 0.3 is 0 Å². The van der Waals surface area contributed by atoms with E-state index in [1.165, 1.54) is 5.56 Å². The normalized spacial score (nSPS) is 15.8. The molecule has 0 aromatic heterocycles. The van der Waals surface area contributed by atoms with Gasteiger partial charge in [-0.25, -0.2) is 0 Å². The Kier molecular flexibility index (Phi) is 4.20. The van der Waals surface area contributed by atoms with Crippen LogP contribution in [0.25, 0.3) is 0 Å². The van der Waals surface area contributed by atoms with Crippen molar-refractivity contribution >= 4 is 11.6 Å². The lowest BCUT2D eigenvalue weighted by atomic mass is 10.0. The predicted molar refractivity (Wildman–Crippen MR) is 70.0 cm³/mol. The maximum atomic E-state index is 11.3. The third kappa shape index (κ3) is 3.23. The third-order valence-corrected chi connectivity index (χ3v) is 3.04. The Morgan fingerprint density at radius 2 is 2.22 bits per heavy atom. The Morgan fingerprint density at radius 3 is 3.00 bits per heavy atom. The van der Waals surface area contributed by atoms with Crippen LogP contribution in [-0.4, -0.2) is 25.7 Å². The number of anilines is 1. The first-order valence-corrected chi connectivity index (χ1v) is 6.27. The van der Waals surface area contributed by atoms with Gasteiger partial charge in [0.2, 0.25) is 5.91 Å². The highest BCUT2D eigenvalue weighted by Gasteiger charge is 2.15. The van der Waals surface area contributed by atoms with Gasteiger partial charge in [0.1, 0.15) is 5.75 Å². The second kappa shape index (κ2) is 5.87. The Balaban J connectivity index is 2.02. The summed E-state index contributed by atoms with van der Waals surface area (Å²) in [5.74, 6) is 0.867. The molecule has 18 heavy (non-hydrogen) atoms. The number of fused-ring (bicyclic) bond motifs is 1. The minimum absolute atomic E-state index is 0.0760. The Morgan fingerprint density at radius 1 is 1.39 bits per heavy atom. The van der Waals surface area contributed by atoms with E-state index in [2.05, 4.69) is 5.32 Å². The monoisotopic (exact) mass is 249 g/mol. The number of methoxy groups -OCH3 is 1. The van der Waals surface area contributed by atoms with Crippen LogP contribution in [0.1, 0.15) is 25.3 Å². The summed E-state index contributed by atoms with van der Waals surface area (Å²) in [5.41, 5.74) is 2.05. The van der Waals surface area contributed by atoms with Crippen LogP contribution in [0.3, 0.4) is 0 Å². The quantitative estimate of drug-likeness (QED) is 0.871. The van der Waals surface area contributed by atoms with Crippen molar-refractivity contribution in [3.8, 4) is 5.75 Å². The van der Waals surface area contributed by atoms with Crippen molar-refractivity contribution in [3.63, 3.8) is 0 Å². The highest BCUT2D eigenvalue weighted by molar-refractivity contribution is 5.94. The van der Waals surface area contributed by atoms with Crippen molar-refractivity contribution < 1.29 is 14.3 Å². The van der Waals surface area contributed by atoms with Crippen molar-refractivity contribution in [2.75, 3.05) is 19.0 Å². The number of aryl methyl sites for hydroxylation is 1. The van der Waals surface area contributed by atoms with Crippen LogP contribution in [0.2, 0.25) is 0 Å². The molecule has 0 spiro atoms. The maximum Gasteiger partial charge on any atom is 0.224 e. The molecular weight excluding hydrogens is 230 g/mol. The van der Waals surface area contributed by atoms with Gasteiger partial charge in [0.25, 0.3) is 0 Å². The van der Waals surface area contributed by atoms with Crippen LogP contribution >= 0.6 is 0 Å². The van der Waals surface area contributed by atoms with Crippen molar-refractivity contribution in [3.05, 3.63) is 23.8 Å². The van der Waals surface area contributed by atoms with E-state index in [9.17, 15) is 4.79 Å². The number of ether oxygens (including phenoxy) is 2. The molecule has 0 fully saturated rings. The fourth-order valence-corrected chi connectivity index (χ4v) is 2.00. The van der Waals surface area contributed by atoms with Gasteiger partial charge in [-0.3, -0.25) is 4.79 Å². The highest BCUT2D eigenvalue weighted by atomic mass is 16.5. The number of rotatable bonds is 5. The standard InChI is InChI=1S/C14H19NO3/c1-10(7-8-17-2)18-12-5-3-11-4-6-14(16)15-13(11)9-12/h3,5,9-10H,4,6-8H2,1-2H3,(H,15,16). The fourth-order valence-electron chi connectivity index (χ4n) is 2.00. The zero-order valence-corrected chi connectivity index (χ0v) is 10.9. The summed E-state index contributed by atoms with van der Waals surface area (Å²) in [4.78, 5) is 11.3.